The Morgan fingerprint density at radius 2 is 1.85 bits per heavy atom. The Kier molecular flexibility index (Phi) is 6.24. The SMILES string of the molecule is O=C(Nc1ccc(F)cc1)c1nc(SCc2ccc(Cl)cc2)ncc1Br. The first-order valence-corrected chi connectivity index (χ1v) is 9.63. The molecule has 132 valence electrons. The minimum atomic E-state index is -0.403. The van der Waals surface area contributed by atoms with Gasteiger partial charge in [0.1, 0.15) is 11.5 Å². The van der Waals surface area contributed by atoms with Crippen LogP contribution in [-0.2, 0) is 5.75 Å². The van der Waals surface area contributed by atoms with E-state index in [2.05, 4.69) is 31.2 Å². The Morgan fingerprint density at radius 1 is 1.15 bits per heavy atom. The Bertz CT molecular complexity index is 923. The number of carbonyl (C=O) groups is 1. The molecule has 0 bridgehead atoms. The standard InChI is InChI=1S/C18H12BrClFN3OS/c19-15-9-22-18(26-10-11-1-3-12(20)4-2-11)24-16(15)17(25)23-14-7-5-13(21)6-8-14/h1-9H,10H2,(H,23,25). The van der Waals surface area contributed by atoms with Gasteiger partial charge in [0.05, 0.1) is 4.47 Å². The van der Waals surface area contributed by atoms with E-state index in [-0.39, 0.29) is 11.5 Å². The molecule has 0 saturated carbocycles. The van der Waals surface area contributed by atoms with Crippen molar-refractivity contribution in [3.05, 3.63) is 81.3 Å². The van der Waals surface area contributed by atoms with Crippen LogP contribution in [0.2, 0.25) is 5.02 Å². The number of benzene rings is 2. The van der Waals surface area contributed by atoms with Crippen LogP contribution in [0, 0.1) is 5.82 Å². The fraction of sp³-hybridized carbons (Fsp3) is 0.0556. The topological polar surface area (TPSA) is 54.9 Å². The van der Waals surface area contributed by atoms with Crippen molar-refractivity contribution in [3.8, 4) is 0 Å². The van der Waals surface area contributed by atoms with E-state index in [4.69, 9.17) is 11.6 Å². The summed E-state index contributed by atoms with van der Waals surface area (Å²) in [4.78, 5) is 21.0. The molecule has 0 fully saturated rings. The van der Waals surface area contributed by atoms with Gasteiger partial charge in [-0.25, -0.2) is 14.4 Å². The number of aromatic nitrogens is 2. The van der Waals surface area contributed by atoms with Crippen LogP contribution in [0.3, 0.4) is 0 Å². The molecule has 0 atom stereocenters. The third kappa shape index (κ3) is 5.03. The van der Waals surface area contributed by atoms with E-state index in [0.717, 1.165) is 5.56 Å². The third-order valence-electron chi connectivity index (χ3n) is 3.32. The third-order valence-corrected chi connectivity index (χ3v) is 5.09. The second-order valence-electron chi connectivity index (χ2n) is 5.23. The van der Waals surface area contributed by atoms with Crippen LogP contribution >= 0.6 is 39.3 Å². The molecule has 1 aromatic heterocycles. The molecule has 1 heterocycles. The zero-order chi connectivity index (χ0) is 18.5. The summed E-state index contributed by atoms with van der Waals surface area (Å²) >= 11 is 10.6. The normalized spacial score (nSPS) is 10.6. The number of anilines is 1. The quantitative estimate of drug-likeness (QED) is 0.406. The number of rotatable bonds is 5. The molecule has 4 nitrogen and oxygen atoms in total. The lowest BCUT2D eigenvalue weighted by molar-refractivity contribution is 0.102. The molecule has 0 aliphatic heterocycles. The number of thioether (sulfide) groups is 1. The smallest absolute Gasteiger partial charge is 0.275 e. The lowest BCUT2D eigenvalue weighted by atomic mass is 10.2. The first-order chi connectivity index (χ1) is 12.5. The number of halogens is 3. The van der Waals surface area contributed by atoms with Crippen LogP contribution in [0.25, 0.3) is 0 Å². The van der Waals surface area contributed by atoms with Gasteiger partial charge in [-0.3, -0.25) is 4.79 Å². The Labute approximate surface area is 167 Å². The molecular weight excluding hydrogens is 441 g/mol. The van der Waals surface area contributed by atoms with Gasteiger partial charge >= 0.3 is 0 Å². The van der Waals surface area contributed by atoms with Gasteiger partial charge in [-0.05, 0) is 57.9 Å². The Hall–Kier alpha value is -1.96. The van der Waals surface area contributed by atoms with Crippen molar-refractivity contribution in [3.63, 3.8) is 0 Å². The first kappa shape index (κ1) is 18.8. The van der Waals surface area contributed by atoms with Crippen molar-refractivity contribution < 1.29 is 9.18 Å². The summed E-state index contributed by atoms with van der Waals surface area (Å²) in [6.45, 7) is 0. The van der Waals surface area contributed by atoms with Gasteiger partial charge in [0.2, 0.25) is 0 Å². The number of hydrogen-bond donors (Lipinski definition) is 1. The molecule has 0 unspecified atom stereocenters. The average Bonchev–Trinajstić information content (AvgIpc) is 2.64. The van der Waals surface area contributed by atoms with E-state index < -0.39 is 5.91 Å². The zero-order valence-corrected chi connectivity index (χ0v) is 16.4. The van der Waals surface area contributed by atoms with E-state index in [1.807, 2.05) is 24.3 Å². The maximum Gasteiger partial charge on any atom is 0.275 e. The van der Waals surface area contributed by atoms with Crippen molar-refractivity contribution >= 4 is 50.9 Å². The molecule has 8 heteroatoms. The Morgan fingerprint density at radius 3 is 2.54 bits per heavy atom. The maximum absolute atomic E-state index is 13.0. The molecule has 1 amide bonds. The second kappa shape index (κ2) is 8.62. The van der Waals surface area contributed by atoms with Gasteiger partial charge in [0.25, 0.3) is 5.91 Å². The molecule has 3 rings (SSSR count). The van der Waals surface area contributed by atoms with E-state index in [0.29, 0.717) is 26.1 Å². The lowest BCUT2D eigenvalue weighted by Crippen LogP contribution is -2.15. The number of nitrogens with one attached hydrogen (secondary N) is 1. The fourth-order valence-corrected chi connectivity index (χ4v) is 3.30. The number of amides is 1. The van der Waals surface area contributed by atoms with Gasteiger partial charge in [-0.15, -0.1) is 0 Å². The molecule has 0 aliphatic rings. The zero-order valence-electron chi connectivity index (χ0n) is 13.2. The molecule has 1 N–H and O–H groups in total. The van der Waals surface area contributed by atoms with Crippen molar-refractivity contribution in [2.45, 2.75) is 10.9 Å². The summed E-state index contributed by atoms with van der Waals surface area (Å²) < 4.78 is 13.4. The van der Waals surface area contributed by atoms with Crippen LogP contribution in [0.1, 0.15) is 16.1 Å². The fourth-order valence-electron chi connectivity index (χ4n) is 2.03. The van der Waals surface area contributed by atoms with E-state index in [1.54, 1.807) is 0 Å². The van der Waals surface area contributed by atoms with E-state index in [9.17, 15) is 9.18 Å². The van der Waals surface area contributed by atoms with Gasteiger partial charge in [0.15, 0.2) is 5.16 Å². The molecule has 0 radical (unpaired) electrons. The van der Waals surface area contributed by atoms with Crippen molar-refractivity contribution in [1.82, 2.24) is 9.97 Å². The molecule has 0 aliphatic carbocycles. The summed E-state index contributed by atoms with van der Waals surface area (Å²) in [5.41, 5.74) is 1.77. The molecule has 26 heavy (non-hydrogen) atoms. The molecule has 3 aromatic rings. The highest BCUT2D eigenvalue weighted by atomic mass is 79.9. The summed E-state index contributed by atoms with van der Waals surface area (Å²) in [5.74, 6) is -0.121. The summed E-state index contributed by atoms with van der Waals surface area (Å²) in [6, 6.07) is 13.0. The summed E-state index contributed by atoms with van der Waals surface area (Å²) in [7, 11) is 0. The lowest BCUT2D eigenvalue weighted by Gasteiger charge is -2.08. The van der Waals surface area contributed by atoms with Crippen LogP contribution in [-0.4, -0.2) is 15.9 Å². The van der Waals surface area contributed by atoms with Gasteiger partial charge in [-0.1, -0.05) is 35.5 Å². The predicted octanol–water partition coefficient (Wildman–Crippen LogP) is 5.58. The number of hydrogen-bond acceptors (Lipinski definition) is 4. The highest BCUT2D eigenvalue weighted by molar-refractivity contribution is 9.10. The van der Waals surface area contributed by atoms with Gasteiger partial charge < -0.3 is 5.32 Å². The van der Waals surface area contributed by atoms with Crippen LogP contribution in [0.5, 0.6) is 0 Å². The minimum Gasteiger partial charge on any atom is -0.321 e. The summed E-state index contributed by atoms with van der Waals surface area (Å²) in [5, 5.41) is 3.84. The van der Waals surface area contributed by atoms with Crippen molar-refractivity contribution in [2.75, 3.05) is 5.32 Å². The number of nitrogens with zero attached hydrogens (tertiary/aromatic N) is 2. The van der Waals surface area contributed by atoms with Crippen LogP contribution in [0.15, 0.2) is 64.4 Å². The second-order valence-corrected chi connectivity index (χ2v) is 7.46. The van der Waals surface area contributed by atoms with E-state index >= 15 is 0 Å². The summed E-state index contributed by atoms with van der Waals surface area (Å²) in [6.07, 6.45) is 1.54. The highest BCUT2D eigenvalue weighted by Crippen LogP contribution is 2.23. The first-order valence-electron chi connectivity index (χ1n) is 7.48. The van der Waals surface area contributed by atoms with Crippen LogP contribution < -0.4 is 5.32 Å². The molecule has 0 saturated heterocycles. The van der Waals surface area contributed by atoms with Crippen molar-refractivity contribution in [2.24, 2.45) is 0 Å². The maximum atomic E-state index is 13.0. The van der Waals surface area contributed by atoms with Crippen molar-refractivity contribution in [1.29, 1.82) is 0 Å². The van der Waals surface area contributed by atoms with Crippen LogP contribution in [0.4, 0.5) is 10.1 Å². The average molecular weight is 453 g/mol. The highest BCUT2D eigenvalue weighted by Gasteiger charge is 2.14. The number of carbonyl (C=O) groups excluding carboxylic acids is 1. The predicted molar refractivity (Wildman–Crippen MR) is 105 cm³/mol. The molecule has 2 aromatic carbocycles. The Balaban J connectivity index is 1.71. The monoisotopic (exact) mass is 451 g/mol. The van der Waals surface area contributed by atoms with Gasteiger partial charge in [0, 0.05) is 22.7 Å². The molecule has 0 spiro atoms. The van der Waals surface area contributed by atoms with Gasteiger partial charge in [-0.2, -0.15) is 0 Å². The molecular formula is C18H12BrClFN3OS. The largest absolute Gasteiger partial charge is 0.321 e. The minimum absolute atomic E-state index is 0.211. The van der Waals surface area contributed by atoms with E-state index in [1.165, 1.54) is 42.2 Å².